The molecule has 1 N–H and O–H groups in total. The van der Waals surface area contributed by atoms with Crippen molar-refractivity contribution >= 4 is 29.1 Å². The number of amides is 1. The largest absolute Gasteiger partial charge is 0.345 e. The summed E-state index contributed by atoms with van der Waals surface area (Å²) in [5, 5.41) is 3.88. The van der Waals surface area contributed by atoms with Crippen LogP contribution in [-0.2, 0) is 4.79 Å². The molecule has 0 spiro atoms. The SMILES string of the molecule is C#CCNC(=O)[C@@H]1C[C@@H]1c1cc(Cl)cc(Cl)c1. The van der Waals surface area contributed by atoms with Gasteiger partial charge in [-0.2, -0.15) is 0 Å². The molecule has 0 radical (unpaired) electrons. The average molecular weight is 268 g/mol. The van der Waals surface area contributed by atoms with E-state index in [0.29, 0.717) is 10.0 Å². The number of hydrogen-bond donors (Lipinski definition) is 1. The van der Waals surface area contributed by atoms with Crippen LogP contribution in [-0.4, -0.2) is 12.5 Å². The van der Waals surface area contributed by atoms with Crippen LogP contribution < -0.4 is 5.32 Å². The molecule has 2 atom stereocenters. The minimum Gasteiger partial charge on any atom is -0.345 e. The number of hydrogen-bond acceptors (Lipinski definition) is 1. The lowest BCUT2D eigenvalue weighted by Crippen LogP contribution is -2.25. The van der Waals surface area contributed by atoms with Gasteiger partial charge in [0, 0.05) is 16.0 Å². The summed E-state index contributed by atoms with van der Waals surface area (Å²) >= 11 is 11.8. The second-order valence-corrected chi connectivity index (χ2v) is 4.95. The highest BCUT2D eigenvalue weighted by Gasteiger charge is 2.43. The first-order chi connectivity index (χ1) is 8.11. The standard InChI is InChI=1S/C13H11Cl2NO/c1-2-3-16-13(17)12-7-11(12)8-4-9(14)6-10(15)5-8/h1,4-6,11-12H,3,7H2,(H,16,17)/t11-,12-/m1/s1. The summed E-state index contributed by atoms with van der Waals surface area (Å²) in [7, 11) is 0. The molecule has 2 nitrogen and oxygen atoms in total. The Kier molecular flexibility index (Phi) is 3.61. The van der Waals surface area contributed by atoms with Crippen molar-refractivity contribution in [2.75, 3.05) is 6.54 Å². The van der Waals surface area contributed by atoms with Gasteiger partial charge in [0.2, 0.25) is 5.91 Å². The lowest BCUT2D eigenvalue weighted by molar-refractivity contribution is -0.122. The van der Waals surface area contributed by atoms with Gasteiger partial charge in [-0.15, -0.1) is 6.42 Å². The Morgan fingerprint density at radius 1 is 1.41 bits per heavy atom. The maximum absolute atomic E-state index is 11.6. The van der Waals surface area contributed by atoms with Gasteiger partial charge in [-0.05, 0) is 36.1 Å². The summed E-state index contributed by atoms with van der Waals surface area (Å²) in [5.74, 6) is 2.59. The zero-order valence-electron chi connectivity index (χ0n) is 9.04. The maximum atomic E-state index is 11.6. The molecule has 0 aromatic heterocycles. The third-order valence-electron chi connectivity index (χ3n) is 2.80. The quantitative estimate of drug-likeness (QED) is 0.839. The molecule has 1 aromatic carbocycles. The average Bonchev–Trinajstić information content (AvgIpc) is 3.04. The molecule has 1 aliphatic carbocycles. The highest BCUT2D eigenvalue weighted by atomic mass is 35.5. The van der Waals surface area contributed by atoms with E-state index in [4.69, 9.17) is 29.6 Å². The van der Waals surface area contributed by atoms with Gasteiger partial charge in [0.05, 0.1) is 6.54 Å². The third-order valence-corrected chi connectivity index (χ3v) is 3.24. The van der Waals surface area contributed by atoms with E-state index in [9.17, 15) is 4.79 Å². The fourth-order valence-corrected chi connectivity index (χ4v) is 2.45. The zero-order valence-corrected chi connectivity index (χ0v) is 10.6. The predicted octanol–water partition coefficient (Wildman–Crippen LogP) is 2.85. The highest BCUT2D eigenvalue weighted by Crippen LogP contribution is 2.48. The van der Waals surface area contributed by atoms with E-state index < -0.39 is 0 Å². The van der Waals surface area contributed by atoms with Crippen molar-refractivity contribution in [2.24, 2.45) is 5.92 Å². The number of terminal acetylenes is 1. The Morgan fingerprint density at radius 3 is 2.65 bits per heavy atom. The first-order valence-electron chi connectivity index (χ1n) is 5.29. The molecule has 0 heterocycles. The summed E-state index contributed by atoms with van der Waals surface area (Å²) in [5.41, 5.74) is 1.02. The minimum absolute atomic E-state index is 0.00196. The molecule has 1 fully saturated rings. The number of carbonyl (C=O) groups excluding carboxylic acids is 1. The van der Waals surface area contributed by atoms with E-state index in [2.05, 4.69) is 11.2 Å². The summed E-state index contributed by atoms with van der Waals surface area (Å²) in [6.07, 6.45) is 5.91. The Morgan fingerprint density at radius 2 is 2.06 bits per heavy atom. The van der Waals surface area contributed by atoms with Gasteiger partial charge in [-0.25, -0.2) is 0 Å². The van der Waals surface area contributed by atoms with Crippen molar-refractivity contribution in [1.82, 2.24) is 5.32 Å². The lowest BCUT2D eigenvalue weighted by atomic mass is 10.1. The fraction of sp³-hybridized carbons (Fsp3) is 0.308. The van der Waals surface area contributed by atoms with Crippen LogP contribution in [0.2, 0.25) is 10.0 Å². The third kappa shape index (κ3) is 2.94. The molecule has 0 unspecified atom stereocenters. The Labute approximate surface area is 110 Å². The van der Waals surface area contributed by atoms with Gasteiger partial charge < -0.3 is 5.32 Å². The minimum atomic E-state index is -0.00196. The van der Waals surface area contributed by atoms with E-state index in [1.165, 1.54) is 0 Å². The first-order valence-corrected chi connectivity index (χ1v) is 6.04. The van der Waals surface area contributed by atoms with Gasteiger partial charge in [0.25, 0.3) is 0 Å². The molecule has 1 saturated carbocycles. The van der Waals surface area contributed by atoms with Crippen molar-refractivity contribution in [3.63, 3.8) is 0 Å². The predicted molar refractivity (Wildman–Crippen MR) is 69.2 cm³/mol. The van der Waals surface area contributed by atoms with Gasteiger partial charge in [0.1, 0.15) is 0 Å². The molecule has 0 saturated heterocycles. The van der Waals surface area contributed by atoms with Gasteiger partial charge in [-0.1, -0.05) is 29.1 Å². The molecule has 1 aliphatic rings. The van der Waals surface area contributed by atoms with Crippen molar-refractivity contribution in [2.45, 2.75) is 12.3 Å². The molecule has 0 bridgehead atoms. The molecule has 88 valence electrons. The Bertz CT molecular complexity index is 472. The van der Waals surface area contributed by atoms with Crippen molar-refractivity contribution in [3.8, 4) is 12.3 Å². The van der Waals surface area contributed by atoms with Crippen LogP contribution in [0.1, 0.15) is 17.9 Å². The summed E-state index contributed by atoms with van der Waals surface area (Å²) in [4.78, 5) is 11.6. The van der Waals surface area contributed by atoms with E-state index in [0.717, 1.165) is 12.0 Å². The van der Waals surface area contributed by atoms with E-state index in [-0.39, 0.29) is 24.3 Å². The molecule has 1 amide bonds. The van der Waals surface area contributed by atoms with E-state index in [1.54, 1.807) is 6.07 Å². The smallest absolute Gasteiger partial charge is 0.224 e. The zero-order chi connectivity index (χ0) is 12.4. The van der Waals surface area contributed by atoms with E-state index >= 15 is 0 Å². The monoisotopic (exact) mass is 267 g/mol. The normalized spacial score (nSPS) is 21.7. The van der Waals surface area contributed by atoms with E-state index in [1.807, 2.05) is 12.1 Å². The molecular formula is C13H11Cl2NO. The van der Waals surface area contributed by atoms with Crippen molar-refractivity contribution in [1.29, 1.82) is 0 Å². The van der Waals surface area contributed by atoms with Crippen LogP contribution in [0.3, 0.4) is 0 Å². The van der Waals surface area contributed by atoms with Gasteiger partial charge >= 0.3 is 0 Å². The van der Waals surface area contributed by atoms with Gasteiger partial charge in [0.15, 0.2) is 0 Å². The summed E-state index contributed by atoms with van der Waals surface area (Å²) < 4.78 is 0. The van der Waals surface area contributed by atoms with Gasteiger partial charge in [-0.3, -0.25) is 4.79 Å². The van der Waals surface area contributed by atoms with Crippen LogP contribution in [0.4, 0.5) is 0 Å². The summed E-state index contributed by atoms with van der Waals surface area (Å²) in [6, 6.07) is 5.39. The molecule has 2 rings (SSSR count). The number of halogens is 2. The molecule has 0 aliphatic heterocycles. The molecule has 17 heavy (non-hydrogen) atoms. The first kappa shape index (κ1) is 12.3. The Balaban J connectivity index is 2.03. The second-order valence-electron chi connectivity index (χ2n) is 4.07. The number of nitrogens with one attached hydrogen (secondary N) is 1. The fourth-order valence-electron chi connectivity index (χ4n) is 1.91. The van der Waals surface area contributed by atoms with Crippen LogP contribution in [0.5, 0.6) is 0 Å². The lowest BCUT2D eigenvalue weighted by Gasteiger charge is -2.03. The number of benzene rings is 1. The topological polar surface area (TPSA) is 29.1 Å². The van der Waals surface area contributed by atoms with Crippen LogP contribution in [0, 0.1) is 18.3 Å². The van der Waals surface area contributed by atoms with Crippen LogP contribution in [0.25, 0.3) is 0 Å². The highest BCUT2D eigenvalue weighted by molar-refractivity contribution is 6.34. The number of rotatable bonds is 3. The second kappa shape index (κ2) is 5.00. The van der Waals surface area contributed by atoms with Crippen LogP contribution in [0.15, 0.2) is 18.2 Å². The van der Waals surface area contributed by atoms with Crippen molar-refractivity contribution in [3.05, 3.63) is 33.8 Å². The maximum Gasteiger partial charge on any atom is 0.224 e. The molecule has 1 aromatic rings. The molecular weight excluding hydrogens is 257 g/mol. The summed E-state index contributed by atoms with van der Waals surface area (Å²) in [6.45, 7) is 0.276. The van der Waals surface area contributed by atoms with Crippen molar-refractivity contribution < 1.29 is 4.79 Å². The Hall–Kier alpha value is -1.17. The molecule has 4 heteroatoms. The van der Waals surface area contributed by atoms with Crippen LogP contribution >= 0.6 is 23.2 Å². The number of carbonyl (C=O) groups is 1.